The number of ether oxygens (including phenoxy) is 1. The summed E-state index contributed by atoms with van der Waals surface area (Å²) in [4.78, 5) is 29.5. The molecule has 0 aliphatic carbocycles. The monoisotopic (exact) mass is 388 g/mol. The highest BCUT2D eigenvalue weighted by Gasteiger charge is 2.26. The summed E-state index contributed by atoms with van der Waals surface area (Å²) in [5.41, 5.74) is -0.449. The number of rotatable bonds is 7. The molecule has 1 amide bonds. The number of aromatic nitrogens is 1. The third-order valence-corrected chi connectivity index (χ3v) is 4.74. The molecule has 1 unspecified atom stereocenters. The normalized spacial score (nSPS) is 12.2. The van der Waals surface area contributed by atoms with E-state index in [4.69, 9.17) is 4.74 Å². The molecule has 0 fully saturated rings. The van der Waals surface area contributed by atoms with Crippen LogP contribution in [0.5, 0.6) is 0 Å². The topological polar surface area (TPSA) is 59.5 Å². The Labute approximate surface area is 152 Å². The Morgan fingerprint density at radius 2 is 1.96 bits per heavy atom. The van der Waals surface area contributed by atoms with E-state index >= 15 is 0 Å². The van der Waals surface area contributed by atoms with Crippen molar-refractivity contribution in [3.05, 3.63) is 23.5 Å². The molecule has 0 radical (unpaired) electrons. The summed E-state index contributed by atoms with van der Waals surface area (Å²) in [5, 5.41) is 0.0614. The summed E-state index contributed by atoms with van der Waals surface area (Å²) in [7, 11) is 0. The van der Waals surface area contributed by atoms with E-state index in [0.717, 1.165) is 11.3 Å². The number of amides is 1. The molecule has 0 saturated heterocycles. The fourth-order valence-electron chi connectivity index (χ4n) is 2.38. The fraction of sp³-hybridized carbons (Fsp3) is 0.471. The molecule has 0 bridgehead atoms. The Kier molecular flexibility index (Phi) is 6.57. The Morgan fingerprint density at radius 1 is 1.27 bits per heavy atom. The van der Waals surface area contributed by atoms with E-state index in [-0.39, 0.29) is 29.4 Å². The van der Waals surface area contributed by atoms with E-state index in [2.05, 4.69) is 4.98 Å². The number of halogens is 3. The van der Waals surface area contributed by atoms with Crippen LogP contribution in [0.25, 0.3) is 10.2 Å². The number of benzene rings is 1. The summed E-state index contributed by atoms with van der Waals surface area (Å²) in [6.45, 7) is 5.51. The van der Waals surface area contributed by atoms with Gasteiger partial charge in [0.25, 0.3) is 0 Å². The number of hydrogen-bond donors (Lipinski definition) is 0. The van der Waals surface area contributed by atoms with Crippen molar-refractivity contribution in [2.75, 3.05) is 18.1 Å². The molecule has 0 N–H and O–H groups in total. The minimum Gasteiger partial charge on any atom is -0.466 e. The van der Waals surface area contributed by atoms with Crippen molar-refractivity contribution in [3.8, 4) is 0 Å². The van der Waals surface area contributed by atoms with Crippen molar-refractivity contribution in [2.45, 2.75) is 33.6 Å². The number of esters is 1. The molecule has 1 atom stereocenters. The fourth-order valence-corrected chi connectivity index (χ4v) is 3.39. The van der Waals surface area contributed by atoms with Crippen molar-refractivity contribution in [2.24, 2.45) is 5.92 Å². The number of carbonyl (C=O) groups is 2. The van der Waals surface area contributed by atoms with Crippen molar-refractivity contribution in [1.82, 2.24) is 4.98 Å². The van der Waals surface area contributed by atoms with E-state index in [9.17, 15) is 22.8 Å². The summed E-state index contributed by atoms with van der Waals surface area (Å²) < 4.78 is 45.9. The molecule has 142 valence electrons. The molecule has 0 aliphatic rings. The Morgan fingerprint density at radius 3 is 2.58 bits per heavy atom. The molecular weight excluding hydrogens is 369 g/mol. The molecule has 2 rings (SSSR count). The molecule has 1 aromatic heterocycles. The van der Waals surface area contributed by atoms with Gasteiger partial charge in [-0.15, -0.1) is 0 Å². The van der Waals surface area contributed by atoms with Crippen LogP contribution in [0.4, 0.5) is 18.3 Å². The zero-order chi connectivity index (χ0) is 19.4. The van der Waals surface area contributed by atoms with Gasteiger partial charge in [-0.05, 0) is 13.3 Å². The van der Waals surface area contributed by atoms with E-state index in [1.54, 1.807) is 13.8 Å². The first-order valence-corrected chi connectivity index (χ1v) is 9.02. The molecule has 1 heterocycles. The summed E-state index contributed by atoms with van der Waals surface area (Å²) in [5.74, 6) is -5.12. The zero-order valence-corrected chi connectivity index (χ0v) is 15.5. The number of thiazole rings is 1. The highest BCUT2D eigenvalue weighted by molar-refractivity contribution is 7.22. The molecular formula is C17H19F3N2O3S. The first kappa shape index (κ1) is 20.2. The van der Waals surface area contributed by atoms with E-state index in [1.165, 1.54) is 4.90 Å². The van der Waals surface area contributed by atoms with Crippen LogP contribution in [0.15, 0.2) is 6.07 Å². The lowest BCUT2D eigenvalue weighted by Gasteiger charge is -2.20. The van der Waals surface area contributed by atoms with Gasteiger partial charge in [-0.1, -0.05) is 25.2 Å². The van der Waals surface area contributed by atoms with Gasteiger partial charge in [0.1, 0.15) is 11.3 Å². The van der Waals surface area contributed by atoms with Crippen LogP contribution < -0.4 is 4.90 Å². The van der Waals surface area contributed by atoms with Crippen molar-refractivity contribution in [1.29, 1.82) is 0 Å². The molecule has 26 heavy (non-hydrogen) atoms. The van der Waals surface area contributed by atoms with Crippen LogP contribution in [-0.2, 0) is 14.3 Å². The van der Waals surface area contributed by atoms with Gasteiger partial charge in [0.05, 0.1) is 17.2 Å². The number of carbonyl (C=O) groups excluding carboxylic acids is 2. The largest absolute Gasteiger partial charge is 0.466 e. The third-order valence-electron chi connectivity index (χ3n) is 3.65. The molecule has 9 heteroatoms. The number of nitrogens with zero attached hydrogens (tertiary/aromatic N) is 2. The third kappa shape index (κ3) is 4.14. The quantitative estimate of drug-likeness (QED) is 0.530. The van der Waals surface area contributed by atoms with Crippen LogP contribution >= 0.6 is 11.3 Å². The van der Waals surface area contributed by atoms with E-state index in [0.29, 0.717) is 12.5 Å². The lowest BCUT2D eigenvalue weighted by molar-refractivity contribution is -0.148. The van der Waals surface area contributed by atoms with Gasteiger partial charge in [-0.25, -0.2) is 18.2 Å². The Hall–Kier alpha value is -2.16. The lowest BCUT2D eigenvalue weighted by atomic mass is 10.1. The highest BCUT2D eigenvalue weighted by atomic mass is 32.1. The summed E-state index contributed by atoms with van der Waals surface area (Å²) in [6, 6.07) is 0.453. The highest BCUT2D eigenvalue weighted by Crippen LogP contribution is 2.34. The van der Waals surface area contributed by atoms with Gasteiger partial charge in [-0.2, -0.15) is 0 Å². The van der Waals surface area contributed by atoms with Crippen LogP contribution in [0.2, 0.25) is 0 Å². The second kappa shape index (κ2) is 8.48. The van der Waals surface area contributed by atoms with Crippen LogP contribution in [0.1, 0.15) is 33.6 Å². The SMILES string of the molecule is CCCN(C(=O)CC(C)C(=O)OCC)c1nc2c(F)c(F)cc(F)c2s1. The minimum absolute atomic E-state index is 0.0614. The molecule has 1 aromatic carbocycles. The van der Waals surface area contributed by atoms with Crippen molar-refractivity contribution >= 4 is 38.6 Å². The van der Waals surface area contributed by atoms with Crippen LogP contribution in [0, 0.1) is 23.4 Å². The lowest BCUT2D eigenvalue weighted by Crippen LogP contribution is -2.34. The number of anilines is 1. The smallest absolute Gasteiger partial charge is 0.309 e. The summed E-state index contributed by atoms with van der Waals surface area (Å²) in [6.07, 6.45) is 0.433. The maximum atomic E-state index is 13.9. The average Bonchev–Trinajstić information content (AvgIpc) is 3.03. The van der Waals surface area contributed by atoms with Crippen LogP contribution in [-0.4, -0.2) is 30.0 Å². The molecule has 0 spiro atoms. The molecule has 2 aromatic rings. The predicted octanol–water partition coefficient (Wildman–Crippen LogP) is 4.05. The van der Waals surface area contributed by atoms with Crippen LogP contribution in [0.3, 0.4) is 0 Å². The Bertz CT molecular complexity index is 825. The van der Waals surface area contributed by atoms with E-state index < -0.39 is 40.8 Å². The number of hydrogen-bond acceptors (Lipinski definition) is 5. The molecule has 5 nitrogen and oxygen atoms in total. The maximum Gasteiger partial charge on any atom is 0.309 e. The average molecular weight is 388 g/mol. The second-order valence-electron chi connectivity index (χ2n) is 5.73. The minimum atomic E-state index is -1.34. The Balaban J connectivity index is 2.33. The number of fused-ring (bicyclic) bond motifs is 1. The molecule has 0 saturated carbocycles. The van der Waals surface area contributed by atoms with Gasteiger partial charge in [0.2, 0.25) is 5.91 Å². The first-order chi connectivity index (χ1) is 12.3. The van der Waals surface area contributed by atoms with Gasteiger partial charge in [0.15, 0.2) is 16.8 Å². The van der Waals surface area contributed by atoms with Crippen molar-refractivity contribution < 1.29 is 27.5 Å². The molecule has 0 aliphatic heterocycles. The maximum absolute atomic E-state index is 13.9. The van der Waals surface area contributed by atoms with Gasteiger partial charge >= 0.3 is 5.97 Å². The van der Waals surface area contributed by atoms with Gasteiger partial charge in [0, 0.05) is 19.0 Å². The first-order valence-electron chi connectivity index (χ1n) is 8.21. The zero-order valence-electron chi connectivity index (χ0n) is 14.6. The van der Waals surface area contributed by atoms with Gasteiger partial charge in [-0.3, -0.25) is 14.5 Å². The van der Waals surface area contributed by atoms with E-state index in [1.807, 2.05) is 6.92 Å². The van der Waals surface area contributed by atoms with Gasteiger partial charge < -0.3 is 4.74 Å². The summed E-state index contributed by atoms with van der Waals surface area (Å²) >= 11 is 0.765. The van der Waals surface area contributed by atoms with Crippen molar-refractivity contribution in [3.63, 3.8) is 0 Å². The standard InChI is InChI=1S/C17H19F3N2O3S/c1-4-6-22(12(23)7-9(3)16(24)25-5-2)17-21-14-13(20)10(18)8-11(19)15(14)26-17/h8-9H,4-7H2,1-3H3. The predicted molar refractivity (Wildman–Crippen MR) is 92.6 cm³/mol. The second-order valence-corrected chi connectivity index (χ2v) is 6.71.